The van der Waals surface area contributed by atoms with Crippen molar-refractivity contribution in [3.8, 4) is 11.3 Å². The van der Waals surface area contributed by atoms with Crippen LogP contribution >= 0.6 is 0 Å². The molecule has 0 fully saturated rings. The standard InChI is InChI=1S/C10H9N3O2/c11-7-4-2-1-3-6(7)8-5-9(10(14)15)13-12-8/h1-5H,11H2,(H,12,13)(H,14,15). The molecule has 5 heteroatoms. The van der Waals surface area contributed by atoms with Gasteiger partial charge in [0, 0.05) is 11.3 Å². The summed E-state index contributed by atoms with van der Waals surface area (Å²) in [7, 11) is 0. The Labute approximate surface area is 85.5 Å². The number of carboxylic acids is 1. The lowest BCUT2D eigenvalue weighted by Gasteiger charge is -2.00. The highest BCUT2D eigenvalue weighted by Crippen LogP contribution is 2.23. The molecule has 0 saturated carbocycles. The molecule has 4 N–H and O–H groups in total. The van der Waals surface area contributed by atoms with Crippen LogP contribution in [0.25, 0.3) is 11.3 Å². The predicted octanol–water partition coefficient (Wildman–Crippen LogP) is 1.36. The van der Waals surface area contributed by atoms with E-state index in [0.29, 0.717) is 11.4 Å². The van der Waals surface area contributed by atoms with Crippen LogP contribution in [0.15, 0.2) is 30.3 Å². The average molecular weight is 203 g/mol. The first-order valence-corrected chi connectivity index (χ1v) is 4.32. The van der Waals surface area contributed by atoms with Gasteiger partial charge in [-0.2, -0.15) is 5.10 Å². The molecule has 0 bridgehead atoms. The fraction of sp³-hybridized carbons (Fsp3) is 0. The van der Waals surface area contributed by atoms with Crippen molar-refractivity contribution in [2.24, 2.45) is 0 Å². The second kappa shape index (κ2) is 3.45. The van der Waals surface area contributed by atoms with E-state index in [1.807, 2.05) is 12.1 Å². The van der Waals surface area contributed by atoms with Crippen molar-refractivity contribution in [1.82, 2.24) is 10.2 Å². The maximum Gasteiger partial charge on any atom is 0.356 e. The van der Waals surface area contributed by atoms with Gasteiger partial charge in [0.25, 0.3) is 0 Å². The zero-order chi connectivity index (χ0) is 10.8. The fourth-order valence-electron chi connectivity index (χ4n) is 1.31. The van der Waals surface area contributed by atoms with Crippen LogP contribution in [0.4, 0.5) is 5.69 Å². The Kier molecular flexibility index (Phi) is 2.13. The number of hydrogen-bond acceptors (Lipinski definition) is 3. The smallest absolute Gasteiger partial charge is 0.356 e. The topological polar surface area (TPSA) is 92.0 Å². The highest BCUT2D eigenvalue weighted by Gasteiger charge is 2.10. The van der Waals surface area contributed by atoms with Crippen molar-refractivity contribution in [3.05, 3.63) is 36.0 Å². The normalized spacial score (nSPS) is 10.1. The molecule has 1 aromatic carbocycles. The third kappa shape index (κ3) is 1.67. The van der Waals surface area contributed by atoms with E-state index >= 15 is 0 Å². The average Bonchev–Trinajstić information content (AvgIpc) is 2.67. The Bertz CT molecular complexity index is 505. The number of nitrogen functional groups attached to an aromatic ring is 1. The third-order valence-electron chi connectivity index (χ3n) is 2.05. The van der Waals surface area contributed by atoms with E-state index in [0.717, 1.165) is 5.56 Å². The summed E-state index contributed by atoms with van der Waals surface area (Å²) >= 11 is 0. The summed E-state index contributed by atoms with van der Waals surface area (Å²) in [6.45, 7) is 0. The van der Waals surface area contributed by atoms with Gasteiger partial charge in [-0.15, -0.1) is 0 Å². The lowest BCUT2D eigenvalue weighted by molar-refractivity contribution is 0.0690. The predicted molar refractivity (Wildman–Crippen MR) is 55.4 cm³/mol. The minimum Gasteiger partial charge on any atom is -0.476 e. The Hall–Kier alpha value is -2.30. The summed E-state index contributed by atoms with van der Waals surface area (Å²) in [6, 6.07) is 8.64. The fourth-order valence-corrected chi connectivity index (χ4v) is 1.31. The van der Waals surface area contributed by atoms with Gasteiger partial charge in [-0.25, -0.2) is 4.79 Å². The highest BCUT2D eigenvalue weighted by atomic mass is 16.4. The summed E-state index contributed by atoms with van der Waals surface area (Å²) in [4.78, 5) is 10.6. The van der Waals surface area contributed by atoms with Gasteiger partial charge in [0.1, 0.15) is 0 Å². The van der Waals surface area contributed by atoms with Crippen LogP contribution in [0.5, 0.6) is 0 Å². The zero-order valence-electron chi connectivity index (χ0n) is 7.77. The van der Waals surface area contributed by atoms with E-state index in [-0.39, 0.29) is 5.69 Å². The van der Waals surface area contributed by atoms with Crippen molar-refractivity contribution in [2.75, 3.05) is 5.73 Å². The molecule has 15 heavy (non-hydrogen) atoms. The Morgan fingerprint density at radius 1 is 1.40 bits per heavy atom. The number of aromatic carboxylic acids is 1. The van der Waals surface area contributed by atoms with Crippen molar-refractivity contribution < 1.29 is 9.90 Å². The van der Waals surface area contributed by atoms with E-state index in [2.05, 4.69) is 10.2 Å². The van der Waals surface area contributed by atoms with Crippen molar-refractivity contribution in [2.45, 2.75) is 0 Å². The van der Waals surface area contributed by atoms with Gasteiger partial charge in [0.15, 0.2) is 5.69 Å². The molecule has 0 spiro atoms. The third-order valence-corrected chi connectivity index (χ3v) is 2.05. The first kappa shape index (κ1) is 9.26. The molecule has 1 heterocycles. The second-order valence-electron chi connectivity index (χ2n) is 3.06. The Morgan fingerprint density at radius 3 is 2.73 bits per heavy atom. The maximum absolute atomic E-state index is 10.6. The molecule has 76 valence electrons. The monoisotopic (exact) mass is 203 g/mol. The molecule has 0 radical (unpaired) electrons. The van der Waals surface area contributed by atoms with Crippen LogP contribution in [0.3, 0.4) is 0 Å². The van der Waals surface area contributed by atoms with Crippen LogP contribution in [-0.2, 0) is 0 Å². The van der Waals surface area contributed by atoms with Crippen LogP contribution in [0.2, 0.25) is 0 Å². The van der Waals surface area contributed by atoms with Crippen molar-refractivity contribution in [1.29, 1.82) is 0 Å². The van der Waals surface area contributed by atoms with Crippen molar-refractivity contribution in [3.63, 3.8) is 0 Å². The second-order valence-corrected chi connectivity index (χ2v) is 3.06. The van der Waals surface area contributed by atoms with Gasteiger partial charge < -0.3 is 10.8 Å². The number of carbonyl (C=O) groups is 1. The van der Waals surface area contributed by atoms with Crippen LogP contribution in [0.1, 0.15) is 10.5 Å². The molecule has 0 aliphatic rings. The summed E-state index contributed by atoms with van der Waals surface area (Å²) in [5, 5.41) is 15.0. The van der Waals surface area contributed by atoms with Crippen molar-refractivity contribution >= 4 is 11.7 Å². The molecular weight excluding hydrogens is 194 g/mol. The summed E-state index contributed by atoms with van der Waals surface area (Å²) in [6.07, 6.45) is 0. The molecular formula is C10H9N3O2. The van der Waals surface area contributed by atoms with E-state index in [4.69, 9.17) is 10.8 Å². The first-order valence-electron chi connectivity index (χ1n) is 4.32. The molecule has 0 saturated heterocycles. The number of carboxylic acid groups (broad SMARTS) is 1. The number of nitrogens with two attached hydrogens (primary N) is 1. The summed E-state index contributed by atoms with van der Waals surface area (Å²) < 4.78 is 0. The number of hydrogen-bond donors (Lipinski definition) is 3. The SMILES string of the molecule is Nc1ccccc1-c1cc(C(=O)O)n[nH]1. The molecule has 1 aromatic heterocycles. The van der Waals surface area contributed by atoms with E-state index in [1.54, 1.807) is 12.1 Å². The van der Waals surface area contributed by atoms with Crippen LogP contribution in [-0.4, -0.2) is 21.3 Å². The van der Waals surface area contributed by atoms with Gasteiger partial charge in [0.05, 0.1) is 5.69 Å². The van der Waals surface area contributed by atoms with Gasteiger partial charge >= 0.3 is 5.97 Å². The molecule has 0 amide bonds. The number of nitrogens with zero attached hydrogens (tertiary/aromatic N) is 1. The lowest BCUT2D eigenvalue weighted by atomic mass is 10.1. The van der Waals surface area contributed by atoms with E-state index in [9.17, 15) is 4.79 Å². The van der Waals surface area contributed by atoms with Crippen LogP contribution in [0, 0.1) is 0 Å². The molecule has 0 aliphatic heterocycles. The van der Waals surface area contributed by atoms with Crippen LogP contribution < -0.4 is 5.73 Å². The first-order chi connectivity index (χ1) is 7.18. The Morgan fingerprint density at radius 2 is 2.13 bits per heavy atom. The summed E-state index contributed by atoms with van der Waals surface area (Å²) in [5.41, 5.74) is 7.65. The van der Waals surface area contributed by atoms with Gasteiger partial charge in [-0.05, 0) is 12.1 Å². The quantitative estimate of drug-likeness (QED) is 0.642. The number of para-hydroxylation sites is 1. The molecule has 2 rings (SSSR count). The number of rotatable bonds is 2. The number of nitrogens with one attached hydrogen (secondary N) is 1. The maximum atomic E-state index is 10.6. The molecule has 5 nitrogen and oxygen atoms in total. The van der Waals surface area contributed by atoms with Gasteiger partial charge in [-0.3, -0.25) is 5.10 Å². The number of aromatic nitrogens is 2. The molecule has 0 atom stereocenters. The lowest BCUT2D eigenvalue weighted by Crippen LogP contribution is -1.95. The molecule has 2 aromatic rings. The number of benzene rings is 1. The summed E-state index contributed by atoms with van der Waals surface area (Å²) in [5.74, 6) is -1.06. The van der Waals surface area contributed by atoms with Gasteiger partial charge in [0.2, 0.25) is 0 Å². The number of H-pyrrole nitrogens is 1. The largest absolute Gasteiger partial charge is 0.476 e. The zero-order valence-corrected chi connectivity index (χ0v) is 7.77. The minimum atomic E-state index is -1.06. The number of anilines is 1. The van der Waals surface area contributed by atoms with Gasteiger partial charge in [-0.1, -0.05) is 18.2 Å². The number of aromatic amines is 1. The highest BCUT2D eigenvalue weighted by molar-refractivity contribution is 5.87. The van der Waals surface area contributed by atoms with E-state index in [1.165, 1.54) is 6.07 Å². The molecule has 0 aliphatic carbocycles. The van der Waals surface area contributed by atoms with E-state index < -0.39 is 5.97 Å². The Balaban J connectivity index is 2.46. The molecule has 0 unspecified atom stereocenters. The minimum absolute atomic E-state index is 0.0201.